The molecule has 0 saturated heterocycles. The van der Waals surface area contributed by atoms with Crippen molar-refractivity contribution in [1.82, 2.24) is 0 Å². The SMILES string of the molecule is CCc1ccccc1NC(=O)C1Cc2cc(C(C)C)ccc2C(=O)O1. The molecule has 3 rings (SSSR count). The van der Waals surface area contributed by atoms with Gasteiger partial charge in [0.15, 0.2) is 6.10 Å². The van der Waals surface area contributed by atoms with Gasteiger partial charge in [-0.15, -0.1) is 0 Å². The maximum atomic E-state index is 12.6. The Kier molecular flexibility index (Phi) is 4.88. The third-order valence-corrected chi connectivity index (χ3v) is 4.62. The monoisotopic (exact) mass is 337 g/mol. The van der Waals surface area contributed by atoms with Crippen molar-refractivity contribution < 1.29 is 14.3 Å². The number of fused-ring (bicyclic) bond motifs is 1. The average molecular weight is 337 g/mol. The topological polar surface area (TPSA) is 55.4 Å². The third kappa shape index (κ3) is 3.58. The molecule has 1 aliphatic heterocycles. The number of para-hydroxylation sites is 1. The fourth-order valence-electron chi connectivity index (χ4n) is 3.08. The molecule has 25 heavy (non-hydrogen) atoms. The largest absolute Gasteiger partial charge is 0.448 e. The molecule has 0 saturated carbocycles. The molecule has 2 aromatic carbocycles. The van der Waals surface area contributed by atoms with E-state index >= 15 is 0 Å². The van der Waals surface area contributed by atoms with Crippen molar-refractivity contribution in [2.45, 2.75) is 45.6 Å². The molecular formula is C21H23NO3. The average Bonchev–Trinajstić information content (AvgIpc) is 2.61. The Morgan fingerprint density at radius 2 is 2.00 bits per heavy atom. The standard InChI is InChI=1S/C21H23NO3/c1-4-14-7-5-6-8-18(14)22-20(23)19-12-16-11-15(13(2)3)9-10-17(16)21(24)25-19/h5-11,13,19H,4,12H2,1-3H3,(H,22,23). The molecule has 1 aliphatic rings. The second kappa shape index (κ2) is 7.09. The van der Waals surface area contributed by atoms with Crippen molar-refractivity contribution in [3.8, 4) is 0 Å². The van der Waals surface area contributed by atoms with Crippen LogP contribution in [0.25, 0.3) is 0 Å². The van der Waals surface area contributed by atoms with Gasteiger partial charge in [0.2, 0.25) is 0 Å². The molecule has 1 unspecified atom stereocenters. The highest BCUT2D eigenvalue weighted by atomic mass is 16.5. The van der Waals surface area contributed by atoms with Crippen LogP contribution in [-0.4, -0.2) is 18.0 Å². The fraction of sp³-hybridized carbons (Fsp3) is 0.333. The summed E-state index contributed by atoms with van der Waals surface area (Å²) in [5.41, 5.74) is 4.42. The van der Waals surface area contributed by atoms with Gasteiger partial charge in [-0.05, 0) is 41.2 Å². The summed E-state index contributed by atoms with van der Waals surface area (Å²) in [7, 11) is 0. The van der Waals surface area contributed by atoms with Crippen LogP contribution in [0.5, 0.6) is 0 Å². The van der Waals surface area contributed by atoms with Gasteiger partial charge in [0.1, 0.15) is 0 Å². The number of cyclic esters (lactones) is 1. The second-order valence-corrected chi connectivity index (χ2v) is 6.67. The van der Waals surface area contributed by atoms with Gasteiger partial charge in [-0.3, -0.25) is 4.79 Å². The number of amides is 1. The van der Waals surface area contributed by atoms with Gasteiger partial charge in [-0.2, -0.15) is 0 Å². The molecule has 0 fully saturated rings. The number of hydrogen-bond acceptors (Lipinski definition) is 3. The number of benzene rings is 2. The van der Waals surface area contributed by atoms with E-state index in [1.165, 1.54) is 0 Å². The highest BCUT2D eigenvalue weighted by molar-refractivity contribution is 6.00. The van der Waals surface area contributed by atoms with Gasteiger partial charge >= 0.3 is 5.97 Å². The number of aryl methyl sites for hydroxylation is 1. The summed E-state index contributed by atoms with van der Waals surface area (Å²) in [6, 6.07) is 13.4. The predicted octanol–water partition coefficient (Wildman–Crippen LogP) is 4.09. The molecule has 0 radical (unpaired) electrons. The van der Waals surface area contributed by atoms with Crippen LogP contribution in [0.4, 0.5) is 5.69 Å². The molecule has 1 amide bonds. The van der Waals surface area contributed by atoms with Crippen molar-refractivity contribution in [2.24, 2.45) is 0 Å². The van der Waals surface area contributed by atoms with Gasteiger partial charge < -0.3 is 10.1 Å². The lowest BCUT2D eigenvalue weighted by atomic mass is 9.92. The molecule has 2 aromatic rings. The number of nitrogens with one attached hydrogen (secondary N) is 1. The van der Waals surface area contributed by atoms with Gasteiger partial charge in [-0.25, -0.2) is 4.79 Å². The van der Waals surface area contributed by atoms with E-state index < -0.39 is 12.1 Å². The van der Waals surface area contributed by atoms with Crippen LogP contribution in [0, 0.1) is 0 Å². The summed E-state index contributed by atoms with van der Waals surface area (Å²) in [5, 5.41) is 2.90. The first-order valence-electron chi connectivity index (χ1n) is 8.72. The lowest BCUT2D eigenvalue weighted by molar-refractivity contribution is -0.125. The molecule has 4 nitrogen and oxygen atoms in total. The first-order chi connectivity index (χ1) is 12.0. The van der Waals surface area contributed by atoms with Crippen molar-refractivity contribution in [3.63, 3.8) is 0 Å². The summed E-state index contributed by atoms with van der Waals surface area (Å²) in [4.78, 5) is 24.9. The molecule has 130 valence electrons. The lowest BCUT2D eigenvalue weighted by Crippen LogP contribution is -2.38. The molecule has 0 aromatic heterocycles. The maximum absolute atomic E-state index is 12.6. The minimum atomic E-state index is -0.799. The molecule has 4 heteroatoms. The second-order valence-electron chi connectivity index (χ2n) is 6.67. The van der Waals surface area contributed by atoms with Gasteiger partial charge in [-0.1, -0.05) is 51.1 Å². The van der Waals surface area contributed by atoms with E-state index in [4.69, 9.17) is 4.74 Å². The van der Waals surface area contributed by atoms with Crippen molar-refractivity contribution in [3.05, 3.63) is 64.7 Å². The Bertz CT molecular complexity index is 811. The van der Waals surface area contributed by atoms with Crippen LogP contribution in [-0.2, 0) is 22.4 Å². The Balaban J connectivity index is 1.81. The first kappa shape index (κ1) is 17.2. The quantitative estimate of drug-likeness (QED) is 0.855. The number of carbonyl (C=O) groups excluding carboxylic acids is 2. The van der Waals surface area contributed by atoms with E-state index in [0.717, 1.165) is 28.8 Å². The van der Waals surface area contributed by atoms with Crippen LogP contribution in [0.3, 0.4) is 0 Å². The Hall–Kier alpha value is -2.62. The van der Waals surface area contributed by atoms with Crippen LogP contribution >= 0.6 is 0 Å². The van der Waals surface area contributed by atoms with Crippen LogP contribution in [0.1, 0.15) is 53.7 Å². The highest BCUT2D eigenvalue weighted by Crippen LogP contribution is 2.26. The van der Waals surface area contributed by atoms with Gasteiger partial charge in [0.05, 0.1) is 5.56 Å². The fourth-order valence-corrected chi connectivity index (χ4v) is 3.08. The van der Waals surface area contributed by atoms with E-state index in [-0.39, 0.29) is 5.91 Å². The zero-order chi connectivity index (χ0) is 18.0. The molecular weight excluding hydrogens is 314 g/mol. The van der Waals surface area contributed by atoms with E-state index in [1.807, 2.05) is 43.3 Å². The van der Waals surface area contributed by atoms with E-state index in [0.29, 0.717) is 17.9 Å². The van der Waals surface area contributed by atoms with Crippen molar-refractivity contribution >= 4 is 17.6 Å². The minimum Gasteiger partial charge on any atom is -0.448 e. The summed E-state index contributed by atoms with van der Waals surface area (Å²) < 4.78 is 5.37. The maximum Gasteiger partial charge on any atom is 0.339 e. The first-order valence-corrected chi connectivity index (χ1v) is 8.72. The zero-order valence-electron chi connectivity index (χ0n) is 14.8. The molecule has 1 N–H and O–H groups in total. The van der Waals surface area contributed by atoms with E-state index in [1.54, 1.807) is 6.07 Å². The molecule has 0 bridgehead atoms. The number of rotatable bonds is 4. The van der Waals surface area contributed by atoms with Gasteiger partial charge in [0, 0.05) is 12.1 Å². The molecule has 0 spiro atoms. The van der Waals surface area contributed by atoms with Crippen LogP contribution in [0.15, 0.2) is 42.5 Å². The van der Waals surface area contributed by atoms with E-state index in [2.05, 4.69) is 19.2 Å². The number of carbonyl (C=O) groups is 2. The predicted molar refractivity (Wildman–Crippen MR) is 97.9 cm³/mol. The Morgan fingerprint density at radius 3 is 2.72 bits per heavy atom. The summed E-state index contributed by atoms with van der Waals surface area (Å²) in [6.45, 7) is 6.25. The number of ether oxygens (including phenoxy) is 1. The van der Waals surface area contributed by atoms with Crippen LogP contribution < -0.4 is 5.32 Å². The highest BCUT2D eigenvalue weighted by Gasteiger charge is 2.31. The number of anilines is 1. The number of hydrogen-bond donors (Lipinski definition) is 1. The molecule has 0 aliphatic carbocycles. The Morgan fingerprint density at radius 1 is 1.24 bits per heavy atom. The summed E-state index contributed by atoms with van der Waals surface area (Å²) in [6.07, 6.45) is 0.427. The lowest BCUT2D eigenvalue weighted by Gasteiger charge is -2.25. The molecule has 1 atom stereocenters. The van der Waals surface area contributed by atoms with Gasteiger partial charge in [0.25, 0.3) is 5.91 Å². The Labute approximate surface area is 148 Å². The molecule has 1 heterocycles. The third-order valence-electron chi connectivity index (χ3n) is 4.62. The zero-order valence-corrected chi connectivity index (χ0v) is 14.8. The van der Waals surface area contributed by atoms with Crippen molar-refractivity contribution in [1.29, 1.82) is 0 Å². The minimum absolute atomic E-state index is 0.283. The normalized spacial score (nSPS) is 16.3. The number of esters is 1. The van der Waals surface area contributed by atoms with Crippen LogP contribution in [0.2, 0.25) is 0 Å². The van der Waals surface area contributed by atoms with E-state index in [9.17, 15) is 9.59 Å². The summed E-state index contributed by atoms with van der Waals surface area (Å²) in [5.74, 6) is -0.345. The van der Waals surface area contributed by atoms with Crippen molar-refractivity contribution in [2.75, 3.05) is 5.32 Å². The smallest absolute Gasteiger partial charge is 0.339 e. The summed E-state index contributed by atoms with van der Waals surface area (Å²) >= 11 is 0.